The number of H-pyrrole nitrogens is 1. The monoisotopic (exact) mass is 285 g/mol. The lowest BCUT2D eigenvalue weighted by Gasteiger charge is -2.15. The lowest BCUT2D eigenvalue weighted by molar-refractivity contribution is 0.0183. The first-order chi connectivity index (χ1) is 8.76. The zero-order valence-electron chi connectivity index (χ0n) is 10.3. The van der Waals surface area contributed by atoms with Gasteiger partial charge in [-0.1, -0.05) is 6.07 Å². The highest BCUT2D eigenvalue weighted by atomic mass is 32.1. The minimum Gasteiger partial charge on any atom is -0.382 e. The van der Waals surface area contributed by atoms with E-state index in [1.165, 1.54) is 0 Å². The molecular weight excluding hydrogens is 270 g/mol. The Bertz CT molecular complexity index is 533. The minimum absolute atomic E-state index is 0.0435. The summed E-state index contributed by atoms with van der Waals surface area (Å²) in [5.74, 6) is 0.841. The fourth-order valence-corrected chi connectivity index (χ4v) is 2.59. The van der Waals surface area contributed by atoms with Gasteiger partial charge in [-0.3, -0.25) is 9.67 Å². The molecule has 5 nitrogen and oxygen atoms in total. The third-order valence-corrected chi connectivity index (χ3v) is 3.75. The van der Waals surface area contributed by atoms with Crippen LogP contribution in [-0.4, -0.2) is 41.7 Å². The van der Waals surface area contributed by atoms with Gasteiger partial charge in [0, 0.05) is 14.2 Å². The number of rotatable bonds is 6. The predicted octanol–water partition coefficient (Wildman–Crippen LogP) is 2.33. The Kier molecular flexibility index (Phi) is 4.65. The van der Waals surface area contributed by atoms with Gasteiger partial charge in [0.25, 0.3) is 0 Å². The summed E-state index contributed by atoms with van der Waals surface area (Å²) in [5, 5.41) is 9.10. The van der Waals surface area contributed by atoms with Crippen molar-refractivity contribution in [3.05, 3.63) is 22.3 Å². The molecular formula is C11H15N3O2S2. The van der Waals surface area contributed by atoms with Crippen molar-refractivity contribution in [2.24, 2.45) is 0 Å². The van der Waals surface area contributed by atoms with Crippen molar-refractivity contribution in [2.45, 2.75) is 12.6 Å². The van der Waals surface area contributed by atoms with Crippen LogP contribution in [0.4, 0.5) is 0 Å². The van der Waals surface area contributed by atoms with E-state index in [2.05, 4.69) is 10.2 Å². The van der Waals surface area contributed by atoms with E-state index in [0.29, 0.717) is 17.9 Å². The molecule has 0 radical (unpaired) electrons. The Hall–Kier alpha value is -1.02. The van der Waals surface area contributed by atoms with Gasteiger partial charge in [0.2, 0.25) is 0 Å². The number of ether oxygens (including phenoxy) is 2. The summed E-state index contributed by atoms with van der Waals surface area (Å²) in [7, 11) is 3.32. The third-order valence-electron chi connectivity index (χ3n) is 2.57. The number of nitrogens with zero attached hydrogens (tertiary/aromatic N) is 2. The van der Waals surface area contributed by atoms with Crippen molar-refractivity contribution in [3.63, 3.8) is 0 Å². The summed E-state index contributed by atoms with van der Waals surface area (Å²) in [6, 6.07) is 4.01. The molecule has 0 saturated heterocycles. The van der Waals surface area contributed by atoms with Gasteiger partial charge in [0.15, 0.2) is 10.6 Å². The van der Waals surface area contributed by atoms with E-state index in [4.69, 9.17) is 21.7 Å². The Morgan fingerprint density at radius 3 is 3.00 bits per heavy atom. The molecule has 1 unspecified atom stereocenters. The van der Waals surface area contributed by atoms with Gasteiger partial charge in [0.05, 0.1) is 24.1 Å². The molecule has 0 spiro atoms. The Balaban J connectivity index is 2.27. The molecule has 0 aliphatic heterocycles. The largest absolute Gasteiger partial charge is 0.382 e. The maximum absolute atomic E-state index is 5.36. The van der Waals surface area contributed by atoms with Crippen LogP contribution in [0, 0.1) is 4.77 Å². The van der Waals surface area contributed by atoms with Gasteiger partial charge in [-0.2, -0.15) is 5.10 Å². The number of nitrogens with one attached hydrogen (secondary N) is 1. The minimum atomic E-state index is -0.0435. The van der Waals surface area contributed by atoms with E-state index in [1.54, 1.807) is 25.6 Å². The fourth-order valence-electron chi connectivity index (χ4n) is 1.67. The van der Waals surface area contributed by atoms with Crippen molar-refractivity contribution in [3.8, 4) is 10.7 Å². The van der Waals surface area contributed by atoms with Crippen LogP contribution in [0.5, 0.6) is 0 Å². The molecule has 0 aromatic carbocycles. The summed E-state index contributed by atoms with van der Waals surface area (Å²) < 4.78 is 13.0. The highest BCUT2D eigenvalue weighted by Gasteiger charge is 2.14. The summed E-state index contributed by atoms with van der Waals surface area (Å²) in [4.78, 5) is 1.08. The van der Waals surface area contributed by atoms with Crippen LogP contribution in [-0.2, 0) is 16.0 Å². The van der Waals surface area contributed by atoms with Crippen molar-refractivity contribution in [2.75, 3.05) is 20.8 Å². The van der Waals surface area contributed by atoms with Crippen LogP contribution < -0.4 is 0 Å². The maximum Gasteiger partial charge on any atom is 0.195 e. The predicted molar refractivity (Wildman–Crippen MR) is 73.4 cm³/mol. The molecule has 1 N–H and O–H groups in total. The lowest BCUT2D eigenvalue weighted by Crippen LogP contribution is -2.24. The second-order valence-electron chi connectivity index (χ2n) is 3.75. The number of aromatic amines is 1. The molecule has 2 aromatic rings. The SMILES string of the molecule is COCC(Cn1c(-c2cccs2)n[nH]c1=S)OC. The van der Waals surface area contributed by atoms with Crippen molar-refractivity contribution >= 4 is 23.6 Å². The first kappa shape index (κ1) is 13.4. The molecule has 0 bridgehead atoms. The second-order valence-corrected chi connectivity index (χ2v) is 5.09. The zero-order valence-corrected chi connectivity index (χ0v) is 11.9. The van der Waals surface area contributed by atoms with E-state index in [9.17, 15) is 0 Å². The molecule has 1 atom stereocenters. The number of methoxy groups -OCH3 is 2. The fraction of sp³-hybridized carbons (Fsp3) is 0.455. The van der Waals surface area contributed by atoms with Crippen LogP contribution in [0.3, 0.4) is 0 Å². The van der Waals surface area contributed by atoms with Gasteiger partial charge in [-0.05, 0) is 23.7 Å². The summed E-state index contributed by atoms with van der Waals surface area (Å²) >= 11 is 6.88. The molecule has 0 fully saturated rings. The van der Waals surface area contributed by atoms with E-state index < -0.39 is 0 Å². The van der Waals surface area contributed by atoms with Gasteiger partial charge >= 0.3 is 0 Å². The molecule has 0 amide bonds. The number of hydrogen-bond donors (Lipinski definition) is 1. The van der Waals surface area contributed by atoms with Crippen LogP contribution >= 0.6 is 23.6 Å². The molecule has 0 saturated carbocycles. The van der Waals surface area contributed by atoms with Crippen LogP contribution in [0.15, 0.2) is 17.5 Å². The molecule has 7 heteroatoms. The van der Waals surface area contributed by atoms with Crippen LogP contribution in [0.25, 0.3) is 10.7 Å². The molecule has 0 aliphatic rings. The van der Waals surface area contributed by atoms with Gasteiger partial charge in [-0.15, -0.1) is 11.3 Å². The quantitative estimate of drug-likeness (QED) is 0.828. The van der Waals surface area contributed by atoms with Crippen LogP contribution in [0.2, 0.25) is 0 Å². The number of hydrogen-bond acceptors (Lipinski definition) is 5. The molecule has 2 heterocycles. The van der Waals surface area contributed by atoms with Crippen LogP contribution in [0.1, 0.15) is 0 Å². The smallest absolute Gasteiger partial charge is 0.195 e. The third kappa shape index (κ3) is 2.86. The molecule has 0 aliphatic carbocycles. The first-order valence-corrected chi connectivity index (χ1v) is 6.76. The van der Waals surface area contributed by atoms with Crippen molar-refractivity contribution in [1.29, 1.82) is 0 Å². The standard InChI is InChI=1S/C11H15N3O2S2/c1-15-7-8(16-2)6-14-10(12-13-11(14)17)9-4-3-5-18-9/h3-5,8H,6-7H2,1-2H3,(H,13,17). The summed E-state index contributed by atoms with van der Waals surface area (Å²) in [5.41, 5.74) is 0. The maximum atomic E-state index is 5.36. The first-order valence-electron chi connectivity index (χ1n) is 5.47. The highest BCUT2D eigenvalue weighted by molar-refractivity contribution is 7.71. The average Bonchev–Trinajstić information content (AvgIpc) is 2.99. The van der Waals surface area contributed by atoms with Gasteiger partial charge in [-0.25, -0.2) is 0 Å². The molecule has 98 valence electrons. The Morgan fingerprint density at radius 2 is 2.39 bits per heavy atom. The molecule has 2 rings (SSSR count). The van der Waals surface area contributed by atoms with Gasteiger partial charge in [0.1, 0.15) is 0 Å². The van der Waals surface area contributed by atoms with Crippen molar-refractivity contribution in [1.82, 2.24) is 14.8 Å². The van der Waals surface area contributed by atoms with E-state index >= 15 is 0 Å². The van der Waals surface area contributed by atoms with Crippen molar-refractivity contribution < 1.29 is 9.47 Å². The summed E-state index contributed by atoms with van der Waals surface area (Å²) in [6.45, 7) is 1.14. The van der Waals surface area contributed by atoms with E-state index in [0.717, 1.165) is 10.7 Å². The van der Waals surface area contributed by atoms with Gasteiger partial charge < -0.3 is 9.47 Å². The number of thiophene rings is 1. The highest BCUT2D eigenvalue weighted by Crippen LogP contribution is 2.23. The second kappa shape index (κ2) is 6.24. The lowest BCUT2D eigenvalue weighted by atomic mass is 10.3. The zero-order chi connectivity index (χ0) is 13.0. The summed E-state index contributed by atoms with van der Waals surface area (Å²) in [6.07, 6.45) is -0.0435. The van der Waals surface area contributed by atoms with E-state index in [-0.39, 0.29) is 6.10 Å². The van der Waals surface area contributed by atoms with E-state index in [1.807, 2.05) is 22.1 Å². The Morgan fingerprint density at radius 1 is 1.56 bits per heavy atom. The molecule has 18 heavy (non-hydrogen) atoms. The normalized spacial score (nSPS) is 12.8. The number of aromatic nitrogens is 3. The Labute approximate surface area is 114 Å². The average molecular weight is 285 g/mol. The molecule has 2 aromatic heterocycles. The topological polar surface area (TPSA) is 52.1 Å².